The third-order valence-electron chi connectivity index (χ3n) is 3.05. The highest BCUT2D eigenvalue weighted by molar-refractivity contribution is 9.10. The molecule has 0 saturated carbocycles. The van der Waals surface area contributed by atoms with Crippen LogP contribution in [0.25, 0.3) is 10.9 Å². The number of fused-ring (bicyclic) bond motifs is 1. The standard InChI is InChI=1S/C12H13BrN2O2/c1-3-8(2)14-7-11(13)10-5-4-9(15(16)17)6-12(10)14/h4-8H,3H2,1-2H3/t8-/m1/s1. The lowest BCUT2D eigenvalue weighted by Crippen LogP contribution is -2.01. The average molecular weight is 297 g/mol. The SMILES string of the molecule is CC[C@@H](C)n1cc(Br)c2ccc([N+](=O)[O-])cc21. The maximum Gasteiger partial charge on any atom is 0.271 e. The van der Waals surface area contributed by atoms with Gasteiger partial charge >= 0.3 is 0 Å². The summed E-state index contributed by atoms with van der Waals surface area (Å²) in [6.07, 6.45) is 2.97. The Morgan fingerprint density at radius 3 is 2.82 bits per heavy atom. The molecule has 0 amide bonds. The first-order chi connectivity index (χ1) is 8.04. The lowest BCUT2D eigenvalue weighted by Gasteiger charge is -2.12. The van der Waals surface area contributed by atoms with Crippen molar-refractivity contribution in [2.24, 2.45) is 0 Å². The predicted octanol–water partition coefficient (Wildman–Crippen LogP) is 4.28. The van der Waals surface area contributed by atoms with Crippen molar-refractivity contribution in [3.8, 4) is 0 Å². The number of halogens is 1. The first kappa shape index (κ1) is 12.1. The van der Waals surface area contributed by atoms with Gasteiger partial charge in [0.25, 0.3) is 5.69 Å². The first-order valence-electron chi connectivity index (χ1n) is 5.49. The van der Waals surface area contributed by atoms with Crippen molar-refractivity contribution >= 4 is 32.5 Å². The van der Waals surface area contributed by atoms with E-state index in [4.69, 9.17) is 0 Å². The van der Waals surface area contributed by atoms with E-state index in [9.17, 15) is 10.1 Å². The molecule has 0 N–H and O–H groups in total. The quantitative estimate of drug-likeness (QED) is 0.627. The Morgan fingerprint density at radius 2 is 2.24 bits per heavy atom. The van der Waals surface area contributed by atoms with Gasteiger partial charge in [-0.15, -0.1) is 0 Å². The molecule has 0 radical (unpaired) electrons. The van der Waals surface area contributed by atoms with Gasteiger partial charge in [0, 0.05) is 34.2 Å². The van der Waals surface area contributed by atoms with Crippen LogP contribution in [0.15, 0.2) is 28.9 Å². The molecule has 1 atom stereocenters. The molecule has 5 heteroatoms. The fourth-order valence-electron chi connectivity index (χ4n) is 1.87. The highest BCUT2D eigenvalue weighted by atomic mass is 79.9. The van der Waals surface area contributed by atoms with Gasteiger partial charge < -0.3 is 4.57 Å². The number of nitrogens with zero attached hydrogens (tertiary/aromatic N) is 2. The normalized spacial score (nSPS) is 12.9. The lowest BCUT2D eigenvalue weighted by molar-refractivity contribution is -0.384. The van der Waals surface area contributed by atoms with Crippen LogP contribution in [-0.4, -0.2) is 9.49 Å². The second-order valence-electron chi connectivity index (χ2n) is 4.10. The highest BCUT2D eigenvalue weighted by Gasteiger charge is 2.14. The summed E-state index contributed by atoms with van der Waals surface area (Å²) in [6, 6.07) is 5.28. The molecule has 1 aromatic heterocycles. The zero-order valence-corrected chi connectivity index (χ0v) is 11.3. The van der Waals surface area contributed by atoms with Crippen molar-refractivity contribution in [1.82, 2.24) is 4.57 Å². The molecule has 2 aromatic rings. The van der Waals surface area contributed by atoms with E-state index in [0.29, 0.717) is 6.04 Å². The molecule has 0 saturated heterocycles. The van der Waals surface area contributed by atoms with Gasteiger partial charge in [0.1, 0.15) is 0 Å². The molecule has 0 unspecified atom stereocenters. The van der Waals surface area contributed by atoms with E-state index >= 15 is 0 Å². The second kappa shape index (κ2) is 4.49. The minimum atomic E-state index is -0.360. The van der Waals surface area contributed by atoms with Crippen molar-refractivity contribution in [3.05, 3.63) is 39.0 Å². The summed E-state index contributed by atoms with van der Waals surface area (Å²) in [5, 5.41) is 11.8. The maximum atomic E-state index is 10.8. The fraction of sp³-hybridized carbons (Fsp3) is 0.333. The topological polar surface area (TPSA) is 48.1 Å². The number of nitro benzene ring substituents is 1. The van der Waals surface area contributed by atoms with E-state index in [1.165, 1.54) is 6.07 Å². The van der Waals surface area contributed by atoms with E-state index in [2.05, 4.69) is 34.3 Å². The van der Waals surface area contributed by atoms with Crippen LogP contribution in [0.5, 0.6) is 0 Å². The number of hydrogen-bond donors (Lipinski definition) is 0. The number of rotatable bonds is 3. The van der Waals surface area contributed by atoms with Gasteiger partial charge in [0.2, 0.25) is 0 Å². The summed E-state index contributed by atoms with van der Waals surface area (Å²) in [7, 11) is 0. The Hall–Kier alpha value is -1.36. The molecule has 1 aromatic carbocycles. The molecule has 0 fully saturated rings. The van der Waals surface area contributed by atoms with E-state index in [-0.39, 0.29) is 10.6 Å². The molecular weight excluding hydrogens is 284 g/mol. The van der Waals surface area contributed by atoms with Crippen LogP contribution >= 0.6 is 15.9 Å². The smallest absolute Gasteiger partial charge is 0.271 e. The van der Waals surface area contributed by atoms with Crippen LogP contribution in [0.3, 0.4) is 0 Å². The van der Waals surface area contributed by atoms with E-state index in [1.54, 1.807) is 12.1 Å². The molecule has 2 rings (SSSR count). The number of hydrogen-bond acceptors (Lipinski definition) is 2. The van der Waals surface area contributed by atoms with Crippen LogP contribution in [0, 0.1) is 10.1 Å². The van der Waals surface area contributed by atoms with Gasteiger partial charge in [0.05, 0.1) is 10.4 Å². The van der Waals surface area contributed by atoms with Gasteiger partial charge in [-0.25, -0.2) is 0 Å². The van der Waals surface area contributed by atoms with Gasteiger partial charge in [-0.2, -0.15) is 0 Å². The van der Waals surface area contributed by atoms with Crippen molar-refractivity contribution in [2.45, 2.75) is 26.3 Å². The zero-order valence-electron chi connectivity index (χ0n) is 9.68. The van der Waals surface area contributed by atoms with Gasteiger partial charge in [-0.3, -0.25) is 10.1 Å². The van der Waals surface area contributed by atoms with Crippen molar-refractivity contribution < 1.29 is 4.92 Å². The molecule has 0 aliphatic heterocycles. The van der Waals surface area contributed by atoms with E-state index in [1.807, 2.05) is 6.20 Å². The molecule has 17 heavy (non-hydrogen) atoms. The number of non-ortho nitro benzene ring substituents is 1. The Morgan fingerprint density at radius 1 is 1.53 bits per heavy atom. The molecule has 0 bridgehead atoms. The van der Waals surface area contributed by atoms with Crippen LogP contribution in [0.2, 0.25) is 0 Å². The molecule has 1 heterocycles. The van der Waals surface area contributed by atoms with Gasteiger partial charge in [-0.1, -0.05) is 6.92 Å². The summed E-state index contributed by atoms with van der Waals surface area (Å²) in [4.78, 5) is 10.4. The highest BCUT2D eigenvalue weighted by Crippen LogP contribution is 2.32. The maximum absolute atomic E-state index is 10.8. The third kappa shape index (κ3) is 2.07. The molecule has 0 aliphatic rings. The first-order valence-corrected chi connectivity index (χ1v) is 6.28. The van der Waals surface area contributed by atoms with Crippen LogP contribution < -0.4 is 0 Å². The van der Waals surface area contributed by atoms with Gasteiger partial charge in [-0.05, 0) is 35.3 Å². The van der Waals surface area contributed by atoms with Crippen molar-refractivity contribution in [2.75, 3.05) is 0 Å². The van der Waals surface area contributed by atoms with Crippen molar-refractivity contribution in [1.29, 1.82) is 0 Å². The Labute approximate surface area is 108 Å². The minimum Gasteiger partial charge on any atom is -0.343 e. The molecule has 4 nitrogen and oxygen atoms in total. The lowest BCUT2D eigenvalue weighted by atomic mass is 10.2. The zero-order chi connectivity index (χ0) is 12.6. The van der Waals surface area contributed by atoms with Crippen molar-refractivity contribution in [3.63, 3.8) is 0 Å². The molecular formula is C12H13BrN2O2. The Kier molecular flexibility index (Phi) is 3.19. The van der Waals surface area contributed by atoms with Gasteiger partial charge in [0.15, 0.2) is 0 Å². The number of benzene rings is 1. The minimum absolute atomic E-state index is 0.132. The van der Waals surface area contributed by atoms with Crippen LogP contribution in [-0.2, 0) is 0 Å². The summed E-state index contributed by atoms with van der Waals surface area (Å²) < 4.78 is 3.05. The number of nitro groups is 1. The number of aromatic nitrogens is 1. The molecule has 0 aliphatic carbocycles. The predicted molar refractivity (Wildman–Crippen MR) is 71.3 cm³/mol. The molecule has 0 spiro atoms. The summed E-state index contributed by atoms with van der Waals surface area (Å²) in [6.45, 7) is 4.20. The van der Waals surface area contributed by atoms with Crippen LogP contribution in [0.4, 0.5) is 5.69 Å². The summed E-state index contributed by atoms with van der Waals surface area (Å²) in [5.74, 6) is 0. The van der Waals surface area contributed by atoms with E-state index in [0.717, 1.165) is 21.8 Å². The summed E-state index contributed by atoms with van der Waals surface area (Å²) in [5.41, 5.74) is 1.04. The fourth-order valence-corrected chi connectivity index (χ4v) is 2.43. The van der Waals surface area contributed by atoms with E-state index < -0.39 is 0 Å². The average Bonchev–Trinajstić information content (AvgIpc) is 2.65. The molecule has 90 valence electrons. The Bertz CT molecular complexity index is 577. The monoisotopic (exact) mass is 296 g/mol. The Balaban J connectivity index is 2.68. The second-order valence-corrected chi connectivity index (χ2v) is 4.95. The summed E-state index contributed by atoms with van der Waals surface area (Å²) >= 11 is 3.49. The third-order valence-corrected chi connectivity index (χ3v) is 3.68. The van der Waals surface area contributed by atoms with Crippen LogP contribution in [0.1, 0.15) is 26.3 Å². The largest absolute Gasteiger partial charge is 0.343 e.